The predicted octanol–water partition coefficient (Wildman–Crippen LogP) is 3.47. The summed E-state index contributed by atoms with van der Waals surface area (Å²) in [6, 6.07) is 17.2. The van der Waals surface area contributed by atoms with E-state index in [1.807, 2.05) is 18.2 Å². The zero-order chi connectivity index (χ0) is 37.9. The first kappa shape index (κ1) is 37.7. The Bertz CT molecular complexity index is 2030. The summed E-state index contributed by atoms with van der Waals surface area (Å²) in [4.78, 5) is 59.9. The number of carbonyl (C=O) groups excluding carboxylic acids is 2. The van der Waals surface area contributed by atoms with Gasteiger partial charge in [0.25, 0.3) is 11.8 Å². The Balaban J connectivity index is 0.000000231. The number of carboxylic acid groups (broad SMARTS) is 2. The Morgan fingerprint density at radius 1 is 0.679 bits per heavy atom. The number of hydrogen-bond acceptors (Lipinski definition) is 10. The molecule has 4 aromatic heterocycles. The lowest BCUT2D eigenvalue weighted by Crippen LogP contribution is -2.48. The molecule has 0 saturated carbocycles. The van der Waals surface area contributed by atoms with Crippen molar-refractivity contribution in [1.82, 2.24) is 34.4 Å². The van der Waals surface area contributed by atoms with E-state index >= 15 is 0 Å². The molecule has 6 rings (SSSR count). The van der Waals surface area contributed by atoms with Gasteiger partial charge in [-0.05, 0) is 41.0 Å². The van der Waals surface area contributed by atoms with Crippen LogP contribution in [0.2, 0.25) is 0 Å². The molecule has 16 heteroatoms. The lowest BCUT2D eigenvalue weighted by Gasteiger charge is -2.34. The number of nitrogens with zero attached hydrogens (tertiary/aromatic N) is 6. The van der Waals surface area contributed by atoms with Gasteiger partial charge < -0.3 is 33.7 Å². The number of benzene rings is 1. The molecular weight excluding hydrogens is 686 g/mol. The molecule has 1 fully saturated rings. The first-order valence-corrected chi connectivity index (χ1v) is 16.5. The second-order valence-electron chi connectivity index (χ2n) is 12.1. The number of aromatic carboxylic acids is 2. The average molecular weight is 726 g/mol. The van der Waals surface area contributed by atoms with Crippen LogP contribution in [-0.2, 0) is 33.9 Å². The number of carboxylic acids is 2. The van der Waals surface area contributed by atoms with Gasteiger partial charge >= 0.3 is 11.9 Å². The van der Waals surface area contributed by atoms with Gasteiger partial charge in [0.2, 0.25) is 0 Å². The minimum atomic E-state index is -1.25. The summed E-state index contributed by atoms with van der Waals surface area (Å²) in [7, 11) is 3.09. The Morgan fingerprint density at radius 3 is 1.70 bits per heavy atom. The molecule has 5 heterocycles. The van der Waals surface area contributed by atoms with Gasteiger partial charge in [-0.15, -0.1) is 0 Å². The molecule has 53 heavy (non-hydrogen) atoms. The quantitative estimate of drug-likeness (QED) is 0.108. The van der Waals surface area contributed by atoms with E-state index in [0.29, 0.717) is 18.7 Å². The molecule has 0 bridgehead atoms. The fourth-order valence-electron chi connectivity index (χ4n) is 5.76. The van der Waals surface area contributed by atoms with Crippen molar-refractivity contribution in [3.63, 3.8) is 0 Å². The van der Waals surface area contributed by atoms with Crippen molar-refractivity contribution in [3.8, 4) is 11.5 Å². The fourth-order valence-corrected chi connectivity index (χ4v) is 5.76. The van der Waals surface area contributed by atoms with Crippen molar-refractivity contribution in [1.29, 1.82) is 0 Å². The van der Waals surface area contributed by atoms with Crippen molar-refractivity contribution in [3.05, 3.63) is 131 Å². The number of aromatic nitrogens is 4. The molecule has 276 valence electrons. The number of amides is 2. The molecule has 5 aromatic rings. The zero-order valence-corrected chi connectivity index (χ0v) is 29.1. The average Bonchev–Trinajstić information content (AvgIpc) is 3.70. The molecule has 1 aromatic carbocycles. The van der Waals surface area contributed by atoms with Crippen LogP contribution in [0.25, 0.3) is 0 Å². The lowest BCUT2D eigenvalue weighted by atomic mass is 10.1. The highest BCUT2D eigenvalue weighted by Gasteiger charge is 2.30. The van der Waals surface area contributed by atoms with Crippen molar-refractivity contribution in [2.75, 3.05) is 26.2 Å². The molecule has 0 radical (unpaired) electrons. The maximum Gasteiger partial charge on any atom is 0.356 e. The van der Waals surface area contributed by atoms with E-state index in [0.717, 1.165) is 30.8 Å². The molecule has 0 aliphatic carbocycles. The van der Waals surface area contributed by atoms with Crippen LogP contribution in [-0.4, -0.2) is 94.3 Å². The number of piperazine rings is 1. The van der Waals surface area contributed by atoms with Crippen molar-refractivity contribution in [2.45, 2.75) is 19.8 Å². The number of hydrogen-bond donors (Lipinski definition) is 4. The number of pyridine rings is 2. The molecule has 0 spiro atoms. The summed E-state index contributed by atoms with van der Waals surface area (Å²) in [6.07, 6.45) is 9.22. The van der Waals surface area contributed by atoms with Gasteiger partial charge in [-0.25, -0.2) is 15.1 Å². The van der Waals surface area contributed by atoms with Crippen LogP contribution in [0.1, 0.15) is 58.4 Å². The van der Waals surface area contributed by atoms with Crippen molar-refractivity contribution >= 4 is 23.8 Å². The number of carbonyl (C=O) groups is 4. The second kappa shape index (κ2) is 17.6. The van der Waals surface area contributed by atoms with Crippen molar-refractivity contribution in [2.24, 2.45) is 14.1 Å². The molecule has 1 saturated heterocycles. The van der Waals surface area contributed by atoms with Crippen molar-refractivity contribution < 1.29 is 44.1 Å². The first-order valence-electron chi connectivity index (χ1n) is 16.5. The van der Waals surface area contributed by atoms with Crippen LogP contribution in [0.4, 0.5) is 0 Å². The third-order valence-corrected chi connectivity index (χ3v) is 8.42. The highest BCUT2D eigenvalue weighted by molar-refractivity contribution is 6.03. The summed E-state index contributed by atoms with van der Waals surface area (Å²) in [6.45, 7) is 3.72. The molecule has 0 atom stereocenters. The summed E-state index contributed by atoms with van der Waals surface area (Å²) >= 11 is 0. The van der Waals surface area contributed by atoms with Crippen LogP contribution in [0, 0.1) is 0 Å². The molecule has 1 aliphatic heterocycles. The lowest BCUT2D eigenvalue weighted by molar-refractivity contribution is 0.0621. The molecule has 1 aliphatic rings. The number of hydroxylamine groups is 1. The van der Waals surface area contributed by atoms with Gasteiger partial charge in [-0.2, -0.15) is 0 Å². The van der Waals surface area contributed by atoms with Crippen LogP contribution in [0.3, 0.4) is 0 Å². The van der Waals surface area contributed by atoms with E-state index in [-0.39, 0.29) is 47.6 Å². The maximum absolute atomic E-state index is 13.4. The number of aryl methyl sites for hydroxylation is 2. The largest absolute Gasteiger partial charge is 0.486 e. The smallest absolute Gasteiger partial charge is 0.356 e. The maximum atomic E-state index is 13.4. The van der Waals surface area contributed by atoms with Crippen LogP contribution >= 0.6 is 0 Å². The predicted molar refractivity (Wildman–Crippen MR) is 189 cm³/mol. The SMILES string of the molecule is Cn1cc(C(=O)N2CCN(Cc3ccccc3)CC2)c(OCc2ccncc2)c1C(=O)NO.Cn1cc(C(=O)O)c(OCc2ccncc2)c1C(=O)O. The Hall–Kier alpha value is -6.52. The Morgan fingerprint density at radius 2 is 1.19 bits per heavy atom. The van der Waals surface area contributed by atoms with Gasteiger partial charge in [0.05, 0.1) is 0 Å². The monoisotopic (exact) mass is 725 g/mol. The summed E-state index contributed by atoms with van der Waals surface area (Å²) < 4.78 is 14.0. The van der Waals surface area contributed by atoms with E-state index in [2.05, 4.69) is 27.0 Å². The van der Waals surface area contributed by atoms with E-state index in [9.17, 15) is 24.4 Å². The summed E-state index contributed by atoms with van der Waals surface area (Å²) in [5.41, 5.74) is 4.48. The number of ether oxygens (including phenoxy) is 2. The van der Waals surface area contributed by atoms with Gasteiger partial charge in [-0.3, -0.25) is 29.7 Å². The van der Waals surface area contributed by atoms with Crippen LogP contribution < -0.4 is 15.0 Å². The minimum absolute atomic E-state index is 0.0626. The van der Waals surface area contributed by atoms with Crippen LogP contribution in [0.5, 0.6) is 11.5 Å². The highest BCUT2D eigenvalue weighted by Crippen LogP contribution is 2.29. The van der Waals surface area contributed by atoms with Gasteiger partial charge in [-0.1, -0.05) is 30.3 Å². The second-order valence-corrected chi connectivity index (χ2v) is 12.1. The topological polar surface area (TPSA) is 202 Å². The Labute approximate surface area is 304 Å². The first-order chi connectivity index (χ1) is 25.6. The van der Waals surface area contributed by atoms with Gasteiger partial charge in [0.15, 0.2) is 22.9 Å². The number of rotatable bonds is 12. The van der Waals surface area contributed by atoms with Gasteiger partial charge in [0.1, 0.15) is 24.3 Å². The summed E-state index contributed by atoms with van der Waals surface area (Å²) in [5.74, 6) is -3.43. The molecule has 4 N–H and O–H groups in total. The minimum Gasteiger partial charge on any atom is -0.486 e. The highest BCUT2D eigenvalue weighted by atomic mass is 16.5. The normalized spacial score (nSPS) is 12.7. The van der Waals surface area contributed by atoms with E-state index in [1.165, 1.54) is 27.9 Å². The van der Waals surface area contributed by atoms with Crippen LogP contribution in [0.15, 0.2) is 91.8 Å². The van der Waals surface area contributed by atoms with E-state index in [4.69, 9.17) is 19.7 Å². The number of nitrogens with one attached hydrogen (secondary N) is 1. The molecule has 0 unspecified atom stereocenters. The standard InChI is InChI=1S/C24H27N5O4.C13H12N2O5/c1-27-16-20(22(21(27)23(30)26-32)33-17-19-7-9-25-10-8-19)24(31)29-13-11-28(12-14-29)15-18-5-3-2-4-6-18;1-15-6-9(12(16)17)11(10(15)13(18)19)20-7-8-2-4-14-5-3-8/h2-10,16,32H,11-15,17H2,1H3,(H,26,30);2-6H,7H2,1H3,(H,16,17)(H,18,19). The molecule has 2 amide bonds. The molecule has 16 nitrogen and oxygen atoms in total. The summed E-state index contributed by atoms with van der Waals surface area (Å²) in [5, 5.41) is 27.4. The Kier molecular flexibility index (Phi) is 12.5. The van der Waals surface area contributed by atoms with Gasteiger partial charge in [0, 0.05) is 84.0 Å². The van der Waals surface area contributed by atoms with E-state index < -0.39 is 17.8 Å². The zero-order valence-electron chi connectivity index (χ0n) is 29.1. The molecular formula is C37H39N7O9. The van der Waals surface area contributed by atoms with E-state index in [1.54, 1.807) is 72.7 Å². The third kappa shape index (κ3) is 9.43. The third-order valence-electron chi connectivity index (χ3n) is 8.42. The fraction of sp³-hybridized carbons (Fsp3) is 0.243.